The SMILES string of the molecule is CCN(Cc1ccccc1)c1ccc(C(c2ccc(N(CC)Cc3ccccc3)cc2)c2ccc(S(=O)(=O)[O-])cc2S(=O)(=O)[O-])cc1.[Na+].[Na+]. The zero-order valence-electron chi connectivity index (χ0n) is 28.2. The van der Waals surface area contributed by atoms with Crippen LogP contribution in [0.2, 0.25) is 0 Å². The normalized spacial score (nSPS) is 11.4. The van der Waals surface area contributed by atoms with Crippen molar-refractivity contribution in [1.82, 2.24) is 0 Å². The van der Waals surface area contributed by atoms with Crippen LogP contribution in [0.5, 0.6) is 0 Å². The molecule has 12 heteroatoms. The van der Waals surface area contributed by atoms with Gasteiger partial charge >= 0.3 is 59.1 Å². The molecule has 0 fully saturated rings. The Bertz CT molecular complexity index is 1920. The molecule has 244 valence electrons. The molecule has 0 radical (unpaired) electrons. The maximum Gasteiger partial charge on any atom is 1.00 e. The van der Waals surface area contributed by atoms with E-state index in [1.165, 1.54) is 6.07 Å². The second kappa shape index (κ2) is 18.1. The summed E-state index contributed by atoms with van der Waals surface area (Å²) in [6.45, 7) is 7.02. The molecule has 0 atom stereocenters. The van der Waals surface area contributed by atoms with Crippen LogP contribution in [0.25, 0.3) is 0 Å². The Morgan fingerprint density at radius 2 is 0.959 bits per heavy atom. The fourth-order valence-corrected chi connectivity index (χ4v) is 7.13. The maximum atomic E-state index is 12.5. The Morgan fingerprint density at radius 3 is 1.31 bits per heavy atom. The number of benzene rings is 5. The summed E-state index contributed by atoms with van der Waals surface area (Å²) in [5.41, 5.74) is 5.69. The summed E-state index contributed by atoms with van der Waals surface area (Å²) in [6, 6.07) is 38.5. The third-order valence-corrected chi connectivity index (χ3v) is 9.96. The fourth-order valence-electron chi connectivity index (χ4n) is 5.81. The van der Waals surface area contributed by atoms with Crippen molar-refractivity contribution in [3.8, 4) is 0 Å². The molecular formula is C37H36N2Na2O6S2. The maximum absolute atomic E-state index is 12.5. The van der Waals surface area contributed by atoms with E-state index in [2.05, 4.69) is 47.9 Å². The van der Waals surface area contributed by atoms with Crippen LogP contribution >= 0.6 is 0 Å². The first kappa shape index (κ1) is 40.9. The van der Waals surface area contributed by atoms with Crippen molar-refractivity contribution in [2.45, 2.75) is 42.6 Å². The standard InChI is InChI=1S/C37H38N2O6S2.2Na/c1-3-38(26-28-11-7-5-8-12-28)32-19-15-30(16-20-32)37(35-24-23-34(46(40,41)42)25-36(35)47(43,44)45)31-17-21-33(22-18-31)39(4-2)27-29-13-9-6-10-14-29;;/h5-25,37H,3-4,26-27H2,1-2H3,(H,40,41,42)(H,43,44,45);;/q;2*+1/p-2. The molecule has 0 spiro atoms. The number of anilines is 2. The smallest absolute Gasteiger partial charge is 0.744 e. The minimum atomic E-state index is -5.17. The largest absolute Gasteiger partial charge is 1.00 e. The van der Waals surface area contributed by atoms with Gasteiger partial charge in [0.25, 0.3) is 0 Å². The third-order valence-electron chi connectivity index (χ3n) is 8.23. The van der Waals surface area contributed by atoms with Gasteiger partial charge in [-0.1, -0.05) is 91.0 Å². The molecule has 0 aromatic heterocycles. The van der Waals surface area contributed by atoms with Gasteiger partial charge in [0.05, 0.1) is 9.79 Å². The molecule has 0 bridgehead atoms. The molecule has 0 heterocycles. The molecule has 0 aliphatic carbocycles. The van der Waals surface area contributed by atoms with E-state index in [4.69, 9.17) is 0 Å². The first-order valence-electron chi connectivity index (χ1n) is 15.3. The Kier molecular flexibility index (Phi) is 15.2. The minimum absolute atomic E-state index is 0. The predicted molar refractivity (Wildman–Crippen MR) is 183 cm³/mol. The molecule has 0 unspecified atom stereocenters. The van der Waals surface area contributed by atoms with Gasteiger partial charge in [-0.2, -0.15) is 0 Å². The summed E-state index contributed by atoms with van der Waals surface area (Å²) in [4.78, 5) is 2.89. The molecule has 0 N–H and O–H groups in total. The first-order chi connectivity index (χ1) is 22.5. The molecule has 8 nitrogen and oxygen atoms in total. The van der Waals surface area contributed by atoms with Gasteiger partial charge in [0.1, 0.15) is 20.2 Å². The Morgan fingerprint density at radius 1 is 0.551 bits per heavy atom. The van der Waals surface area contributed by atoms with Crippen LogP contribution in [0, 0.1) is 0 Å². The van der Waals surface area contributed by atoms with Gasteiger partial charge in [0.15, 0.2) is 0 Å². The topological polar surface area (TPSA) is 121 Å². The molecule has 5 aromatic rings. The zero-order chi connectivity index (χ0) is 33.6. The van der Waals surface area contributed by atoms with Crippen LogP contribution in [-0.2, 0) is 33.3 Å². The van der Waals surface area contributed by atoms with Crippen molar-refractivity contribution in [1.29, 1.82) is 0 Å². The van der Waals surface area contributed by atoms with Crippen molar-refractivity contribution in [3.63, 3.8) is 0 Å². The third kappa shape index (κ3) is 10.5. The summed E-state index contributed by atoms with van der Waals surface area (Å²) >= 11 is 0. The van der Waals surface area contributed by atoms with E-state index in [1.807, 2.05) is 84.9 Å². The molecule has 0 saturated carbocycles. The number of hydrogen-bond acceptors (Lipinski definition) is 8. The van der Waals surface area contributed by atoms with Crippen LogP contribution in [0.4, 0.5) is 11.4 Å². The minimum Gasteiger partial charge on any atom is -0.744 e. The van der Waals surface area contributed by atoms with E-state index in [1.54, 1.807) is 0 Å². The molecule has 5 aromatic carbocycles. The number of nitrogens with zero attached hydrogens (tertiary/aromatic N) is 2. The van der Waals surface area contributed by atoms with E-state index >= 15 is 0 Å². The quantitative estimate of drug-likeness (QED) is 0.0996. The number of rotatable bonds is 13. The van der Waals surface area contributed by atoms with Gasteiger partial charge in [-0.05, 0) is 78.1 Å². The molecule has 0 aliphatic heterocycles. The van der Waals surface area contributed by atoms with Crippen LogP contribution < -0.4 is 68.9 Å². The molecule has 0 saturated heterocycles. The van der Waals surface area contributed by atoms with E-state index < -0.39 is 35.9 Å². The molecule has 49 heavy (non-hydrogen) atoms. The second-order valence-electron chi connectivity index (χ2n) is 11.2. The average Bonchev–Trinajstić information content (AvgIpc) is 3.07. The van der Waals surface area contributed by atoms with Crippen LogP contribution in [-0.4, -0.2) is 39.0 Å². The van der Waals surface area contributed by atoms with Crippen molar-refractivity contribution < 1.29 is 85.1 Å². The van der Waals surface area contributed by atoms with E-state index in [-0.39, 0.29) is 64.7 Å². The van der Waals surface area contributed by atoms with Gasteiger partial charge in [-0.25, -0.2) is 16.8 Å². The second-order valence-corrected chi connectivity index (χ2v) is 14.0. The first-order valence-corrected chi connectivity index (χ1v) is 18.1. The van der Waals surface area contributed by atoms with Crippen molar-refractivity contribution in [2.24, 2.45) is 0 Å². The summed E-state index contributed by atoms with van der Waals surface area (Å²) < 4.78 is 73.0. The van der Waals surface area contributed by atoms with Crippen LogP contribution in [0.15, 0.2) is 137 Å². The van der Waals surface area contributed by atoms with Gasteiger partial charge in [-0.3, -0.25) is 0 Å². The molecule has 0 aliphatic rings. The van der Waals surface area contributed by atoms with Gasteiger partial charge in [0.2, 0.25) is 0 Å². The predicted octanol–water partition coefficient (Wildman–Crippen LogP) is 0.736. The summed E-state index contributed by atoms with van der Waals surface area (Å²) in [6.07, 6.45) is 0. The van der Waals surface area contributed by atoms with Gasteiger partial charge < -0.3 is 18.9 Å². The zero-order valence-corrected chi connectivity index (χ0v) is 33.8. The molecule has 5 rings (SSSR count). The fraction of sp³-hybridized carbons (Fsp3) is 0.189. The van der Waals surface area contributed by atoms with Crippen molar-refractivity contribution in [2.75, 3.05) is 22.9 Å². The van der Waals surface area contributed by atoms with Gasteiger partial charge in [-0.15, -0.1) is 0 Å². The summed E-state index contributed by atoms with van der Waals surface area (Å²) in [5, 5.41) is 0. The van der Waals surface area contributed by atoms with Crippen LogP contribution in [0.3, 0.4) is 0 Å². The molecule has 0 amide bonds. The average molecular weight is 715 g/mol. The van der Waals surface area contributed by atoms with Gasteiger partial charge in [0, 0.05) is 43.5 Å². The Balaban J connectivity index is 0.00000325. The van der Waals surface area contributed by atoms with Crippen molar-refractivity contribution in [3.05, 3.63) is 155 Å². The van der Waals surface area contributed by atoms with E-state index in [0.717, 1.165) is 41.7 Å². The monoisotopic (exact) mass is 714 g/mol. The van der Waals surface area contributed by atoms with Crippen molar-refractivity contribution >= 4 is 31.6 Å². The summed E-state index contributed by atoms with van der Waals surface area (Å²) in [5.74, 6) is -0.756. The van der Waals surface area contributed by atoms with E-state index in [0.29, 0.717) is 30.3 Å². The summed E-state index contributed by atoms with van der Waals surface area (Å²) in [7, 11) is -10.2. The number of hydrogen-bond donors (Lipinski definition) is 0. The Labute approximate surface area is 334 Å². The molecular weight excluding hydrogens is 679 g/mol. The van der Waals surface area contributed by atoms with Crippen LogP contribution in [0.1, 0.15) is 47.6 Å². The Hall–Kier alpha value is -2.48. The van der Waals surface area contributed by atoms with E-state index in [9.17, 15) is 25.9 Å².